The Kier molecular flexibility index (Phi) is 10.3. The van der Waals surface area contributed by atoms with Gasteiger partial charge < -0.3 is 9.80 Å². The molecule has 0 spiro atoms. The monoisotopic (exact) mass is 810 g/mol. The minimum absolute atomic E-state index is 0.179. The van der Waals surface area contributed by atoms with Crippen LogP contribution in [0.4, 0.5) is 17.1 Å². The summed E-state index contributed by atoms with van der Waals surface area (Å²) in [6.45, 7) is 0. The zero-order valence-corrected chi connectivity index (χ0v) is 35.5. The summed E-state index contributed by atoms with van der Waals surface area (Å²) in [4.78, 5) is 4.86. The van der Waals surface area contributed by atoms with Crippen molar-refractivity contribution in [1.29, 1.82) is 0 Å². The van der Waals surface area contributed by atoms with Crippen LogP contribution in [0.25, 0.3) is 22.3 Å². The topological polar surface area (TPSA) is 6.48 Å². The summed E-state index contributed by atoms with van der Waals surface area (Å²) in [6.07, 6.45) is 25.4. The van der Waals surface area contributed by atoms with E-state index in [4.69, 9.17) is 0 Å². The maximum Gasteiger partial charge on any atom is 0.0529 e. The van der Waals surface area contributed by atoms with Gasteiger partial charge in [0.2, 0.25) is 0 Å². The van der Waals surface area contributed by atoms with Crippen molar-refractivity contribution in [3.05, 3.63) is 282 Å². The van der Waals surface area contributed by atoms with Crippen molar-refractivity contribution in [3.8, 4) is 22.3 Å². The molecule has 4 aliphatic rings. The summed E-state index contributed by atoms with van der Waals surface area (Å²) in [7, 11) is 0. The zero-order chi connectivity index (χ0) is 42.0. The Labute approximate surface area is 372 Å². The summed E-state index contributed by atoms with van der Waals surface area (Å²) < 4.78 is 0. The van der Waals surface area contributed by atoms with Crippen molar-refractivity contribution >= 4 is 17.1 Å². The Balaban J connectivity index is 0.975. The molecular formula is C61H50N2. The Hall–Kier alpha value is -7.42. The number of anilines is 3. The molecule has 0 N–H and O–H groups in total. The van der Waals surface area contributed by atoms with Crippen molar-refractivity contribution in [1.82, 2.24) is 0 Å². The maximum atomic E-state index is 2.51. The minimum atomic E-state index is -0.388. The fourth-order valence-corrected chi connectivity index (χ4v) is 10.6. The predicted octanol–water partition coefficient (Wildman–Crippen LogP) is 15.6. The van der Waals surface area contributed by atoms with Crippen LogP contribution in [0.15, 0.2) is 260 Å². The number of rotatable bonds is 10. The van der Waals surface area contributed by atoms with Crippen LogP contribution in [0, 0.1) is 5.92 Å². The van der Waals surface area contributed by atoms with Crippen LogP contribution in [-0.2, 0) is 5.41 Å². The summed E-state index contributed by atoms with van der Waals surface area (Å²) in [6, 6.07) is 69.2. The lowest BCUT2D eigenvalue weighted by Crippen LogP contribution is -2.36. The summed E-state index contributed by atoms with van der Waals surface area (Å²) in [5.74, 6) is 0.559. The first-order chi connectivity index (χ1) is 31.3. The van der Waals surface area contributed by atoms with E-state index in [0.29, 0.717) is 5.92 Å². The SMILES string of the molecule is C1=CC(N(c2ccc(-c3ccccc3)cc2)c2ccc(C3(C4C=CC(N(C5=CCC(c6ccccc6)C=C5)c5ccccc5)=CC4)c4ccccc4-c4ccccc43)cc2)=CCC1. The van der Waals surface area contributed by atoms with Gasteiger partial charge in [0.05, 0.1) is 5.41 Å². The molecular weight excluding hydrogens is 761 g/mol. The van der Waals surface area contributed by atoms with Gasteiger partial charge in [-0.15, -0.1) is 0 Å². The van der Waals surface area contributed by atoms with Crippen molar-refractivity contribution in [3.63, 3.8) is 0 Å². The fraction of sp³-hybridized carbons (Fsp3) is 0.115. The van der Waals surface area contributed by atoms with Crippen molar-refractivity contribution < 1.29 is 0 Å². The Morgan fingerprint density at radius 3 is 1.51 bits per heavy atom. The molecule has 7 aromatic carbocycles. The van der Waals surface area contributed by atoms with Gasteiger partial charge in [0.25, 0.3) is 0 Å². The molecule has 0 bridgehead atoms. The Bertz CT molecular complexity index is 2890. The molecule has 0 amide bonds. The first kappa shape index (κ1) is 38.5. The van der Waals surface area contributed by atoms with Gasteiger partial charge in [-0.3, -0.25) is 0 Å². The second kappa shape index (κ2) is 16.8. The first-order valence-corrected chi connectivity index (χ1v) is 22.5. The molecule has 0 aliphatic heterocycles. The molecule has 4 aliphatic carbocycles. The number of para-hydroxylation sites is 1. The number of nitrogens with zero attached hydrogens (tertiary/aromatic N) is 2. The van der Waals surface area contributed by atoms with E-state index in [1.54, 1.807) is 0 Å². The standard InChI is InChI=1S/C61H50N2/c1-5-17-45(18-6-1)47-29-37-53(38-30-47)62(51-21-9-3-10-22-51)55-41-33-49(34-42-55)61(59-27-15-13-25-57(59)58-26-14-16-28-60(58)61)50-35-43-56(44-36-50)63(52-23-11-4-12-24-52)54-39-31-48(32-40-54)46-19-7-2-8-20-46/h1-3,5-11,13-29,31-33,35-44,47,49H,4,12,30,34H2. The second-order valence-electron chi connectivity index (χ2n) is 17.0. The third-order valence-electron chi connectivity index (χ3n) is 13.5. The molecule has 0 radical (unpaired) electrons. The molecule has 63 heavy (non-hydrogen) atoms. The van der Waals surface area contributed by atoms with Gasteiger partial charge in [-0.1, -0.05) is 188 Å². The highest BCUT2D eigenvalue weighted by molar-refractivity contribution is 5.85. The van der Waals surface area contributed by atoms with E-state index in [1.165, 1.54) is 67.3 Å². The average Bonchev–Trinajstić information content (AvgIpc) is 3.67. The van der Waals surface area contributed by atoms with E-state index >= 15 is 0 Å². The van der Waals surface area contributed by atoms with Crippen LogP contribution < -0.4 is 9.80 Å². The smallest absolute Gasteiger partial charge is 0.0529 e. The number of hydrogen-bond donors (Lipinski definition) is 0. The number of fused-ring (bicyclic) bond motifs is 3. The van der Waals surface area contributed by atoms with Crippen LogP contribution >= 0.6 is 0 Å². The first-order valence-electron chi connectivity index (χ1n) is 22.5. The third-order valence-corrected chi connectivity index (χ3v) is 13.5. The van der Waals surface area contributed by atoms with Crippen LogP contribution in [0.5, 0.6) is 0 Å². The van der Waals surface area contributed by atoms with Gasteiger partial charge in [-0.05, 0) is 131 Å². The highest BCUT2D eigenvalue weighted by Crippen LogP contribution is 2.58. The van der Waals surface area contributed by atoms with E-state index in [9.17, 15) is 0 Å². The number of allylic oxidation sites excluding steroid dienone is 9. The largest absolute Gasteiger partial charge is 0.311 e. The molecule has 0 saturated carbocycles. The molecule has 304 valence electrons. The highest BCUT2D eigenvalue weighted by Gasteiger charge is 2.49. The molecule has 0 saturated heterocycles. The molecule has 2 unspecified atom stereocenters. The van der Waals surface area contributed by atoms with Crippen LogP contribution in [0.1, 0.15) is 53.9 Å². The van der Waals surface area contributed by atoms with Crippen molar-refractivity contribution in [2.45, 2.75) is 37.0 Å². The highest BCUT2D eigenvalue weighted by atomic mass is 15.2. The molecule has 7 aromatic rings. The molecule has 0 aromatic heterocycles. The van der Waals surface area contributed by atoms with Crippen LogP contribution in [0.2, 0.25) is 0 Å². The van der Waals surface area contributed by atoms with E-state index in [1.807, 2.05) is 0 Å². The van der Waals surface area contributed by atoms with E-state index < -0.39 is 0 Å². The molecule has 2 nitrogen and oxygen atoms in total. The van der Waals surface area contributed by atoms with E-state index in [-0.39, 0.29) is 11.3 Å². The van der Waals surface area contributed by atoms with Crippen molar-refractivity contribution in [2.24, 2.45) is 5.92 Å². The lowest BCUT2D eigenvalue weighted by molar-refractivity contribution is 0.455. The quantitative estimate of drug-likeness (QED) is 0.136. The summed E-state index contributed by atoms with van der Waals surface area (Å²) >= 11 is 0. The predicted molar refractivity (Wildman–Crippen MR) is 264 cm³/mol. The summed E-state index contributed by atoms with van der Waals surface area (Å²) in [5.41, 5.74) is 17.3. The maximum absolute atomic E-state index is 2.51. The van der Waals surface area contributed by atoms with Crippen molar-refractivity contribution in [2.75, 3.05) is 9.80 Å². The minimum Gasteiger partial charge on any atom is -0.311 e. The molecule has 2 atom stereocenters. The molecule has 0 heterocycles. The Morgan fingerprint density at radius 1 is 0.397 bits per heavy atom. The third kappa shape index (κ3) is 7.02. The van der Waals surface area contributed by atoms with E-state index in [2.05, 4.69) is 253 Å². The van der Waals surface area contributed by atoms with Gasteiger partial charge in [-0.2, -0.15) is 0 Å². The fourth-order valence-electron chi connectivity index (χ4n) is 10.6. The van der Waals surface area contributed by atoms with Crippen LogP contribution in [-0.4, -0.2) is 0 Å². The van der Waals surface area contributed by atoms with E-state index in [0.717, 1.165) is 37.1 Å². The molecule has 11 rings (SSSR count). The number of hydrogen-bond acceptors (Lipinski definition) is 2. The molecule has 2 heteroatoms. The normalized spacial score (nSPS) is 18.1. The lowest BCUT2D eigenvalue weighted by atomic mass is 9.62. The number of benzene rings is 7. The van der Waals surface area contributed by atoms with Gasteiger partial charge in [0, 0.05) is 40.1 Å². The van der Waals surface area contributed by atoms with Gasteiger partial charge >= 0.3 is 0 Å². The van der Waals surface area contributed by atoms with Gasteiger partial charge in [0.15, 0.2) is 0 Å². The summed E-state index contributed by atoms with van der Waals surface area (Å²) in [5, 5.41) is 0. The van der Waals surface area contributed by atoms with Crippen LogP contribution in [0.3, 0.4) is 0 Å². The zero-order valence-electron chi connectivity index (χ0n) is 35.5. The van der Waals surface area contributed by atoms with Gasteiger partial charge in [0.1, 0.15) is 0 Å². The average molecular weight is 811 g/mol. The Morgan fingerprint density at radius 2 is 0.921 bits per heavy atom. The second-order valence-corrected chi connectivity index (χ2v) is 17.0. The lowest BCUT2D eigenvalue weighted by Gasteiger charge is -2.41. The molecule has 0 fully saturated rings. The van der Waals surface area contributed by atoms with Gasteiger partial charge in [-0.25, -0.2) is 0 Å².